The molecular weight excluding hydrogens is 216 g/mol. The number of alkyl halides is 1. The fourth-order valence-electron chi connectivity index (χ4n) is 1.15. The Hall–Kier alpha value is -0.930. The van der Waals surface area contributed by atoms with E-state index in [4.69, 9.17) is 11.6 Å². The normalized spacial score (nSPS) is 10.4. The molecule has 0 unspecified atom stereocenters. The zero-order chi connectivity index (χ0) is 9.80. The van der Waals surface area contributed by atoms with Crippen LogP contribution in [0.3, 0.4) is 0 Å². The van der Waals surface area contributed by atoms with Gasteiger partial charge >= 0.3 is 0 Å². The van der Waals surface area contributed by atoms with Crippen LogP contribution in [0.25, 0.3) is 0 Å². The molecule has 0 saturated heterocycles. The van der Waals surface area contributed by atoms with E-state index in [2.05, 4.69) is 9.97 Å². The van der Waals surface area contributed by atoms with E-state index in [1.54, 1.807) is 17.5 Å². The van der Waals surface area contributed by atoms with Crippen LogP contribution in [0.2, 0.25) is 0 Å². The van der Waals surface area contributed by atoms with Gasteiger partial charge in [0.2, 0.25) is 0 Å². The Labute approximate surface area is 91.6 Å². The van der Waals surface area contributed by atoms with Crippen LogP contribution in [0.1, 0.15) is 15.6 Å². The van der Waals surface area contributed by atoms with Crippen LogP contribution in [0.5, 0.6) is 0 Å². The molecular formula is C10H9ClN2S. The maximum absolute atomic E-state index is 5.70. The van der Waals surface area contributed by atoms with Crippen molar-refractivity contribution in [2.24, 2.45) is 0 Å². The van der Waals surface area contributed by atoms with Crippen molar-refractivity contribution in [3.63, 3.8) is 0 Å². The molecule has 0 atom stereocenters. The van der Waals surface area contributed by atoms with E-state index < -0.39 is 0 Å². The molecule has 0 aromatic carbocycles. The van der Waals surface area contributed by atoms with E-state index in [-0.39, 0.29) is 0 Å². The summed E-state index contributed by atoms with van der Waals surface area (Å²) in [5.74, 6) is 0.542. The number of aromatic nitrogens is 2. The molecule has 0 amide bonds. The Balaban J connectivity index is 2.11. The smallest absolute Gasteiger partial charge is 0.0987 e. The van der Waals surface area contributed by atoms with Crippen LogP contribution < -0.4 is 0 Å². The van der Waals surface area contributed by atoms with Crippen molar-refractivity contribution in [2.45, 2.75) is 12.3 Å². The lowest BCUT2D eigenvalue weighted by molar-refractivity contribution is 1.05. The largest absolute Gasteiger partial charge is 0.261 e. The number of nitrogens with zero attached hydrogens (tertiary/aromatic N) is 2. The molecule has 0 N–H and O–H groups in total. The first kappa shape index (κ1) is 9.62. The molecule has 0 spiro atoms. The average molecular weight is 225 g/mol. The van der Waals surface area contributed by atoms with Gasteiger partial charge in [-0.2, -0.15) is 0 Å². The zero-order valence-electron chi connectivity index (χ0n) is 7.48. The van der Waals surface area contributed by atoms with Crippen molar-refractivity contribution >= 4 is 22.9 Å². The minimum Gasteiger partial charge on any atom is -0.261 e. The second-order valence-corrected chi connectivity index (χ2v) is 4.32. The van der Waals surface area contributed by atoms with Gasteiger partial charge in [0.1, 0.15) is 0 Å². The Morgan fingerprint density at radius 3 is 2.86 bits per heavy atom. The highest BCUT2D eigenvalue weighted by molar-refractivity contribution is 7.11. The average Bonchev–Trinajstić information content (AvgIpc) is 2.67. The summed E-state index contributed by atoms with van der Waals surface area (Å²) in [5, 5.41) is 1.07. The number of thiazole rings is 1. The van der Waals surface area contributed by atoms with Gasteiger partial charge in [0.15, 0.2) is 0 Å². The number of rotatable bonds is 3. The molecule has 2 rings (SSSR count). The highest BCUT2D eigenvalue weighted by Gasteiger charge is 2.02. The fourth-order valence-corrected chi connectivity index (χ4v) is 2.17. The maximum Gasteiger partial charge on any atom is 0.0987 e. The summed E-state index contributed by atoms with van der Waals surface area (Å²) < 4.78 is 0. The van der Waals surface area contributed by atoms with Crippen LogP contribution in [0, 0.1) is 0 Å². The highest BCUT2D eigenvalue weighted by atomic mass is 35.5. The van der Waals surface area contributed by atoms with Gasteiger partial charge in [-0.15, -0.1) is 22.9 Å². The highest BCUT2D eigenvalue weighted by Crippen LogP contribution is 2.17. The number of hydrogen-bond acceptors (Lipinski definition) is 3. The summed E-state index contributed by atoms with van der Waals surface area (Å²) in [5.41, 5.74) is 1.04. The second kappa shape index (κ2) is 4.53. The predicted octanol–water partition coefficient (Wildman–Crippen LogP) is 2.87. The molecule has 4 heteroatoms. The first-order valence-corrected chi connectivity index (χ1v) is 5.63. The molecule has 14 heavy (non-hydrogen) atoms. The van der Waals surface area contributed by atoms with Crippen molar-refractivity contribution in [3.05, 3.63) is 46.2 Å². The Kier molecular flexibility index (Phi) is 3.11. The number of halogens is 1. The molecule has 0 aliphatic rings. The van der Waals surface area contributed by atoms with Crippen molar-refractivity contribution in [2.75, 3.05) is 0 Å². The van der Waals surface area contributed by atoms with Crippen molar-refractivity contribution in [1.29, 1.82) is 0 Å². The van der Waals surface area contributed by atoms with E-state index in [1.807, 2.05) is 24.4 Å². The molecule has 2 aromatic heterocycles. The molecule has 2 heterocycles. The second-order valence-electron chi connectivity index (χ2n) is 2.85. The molecule has 72 valence electrons. The third kappa shape index (κ3) is 2.30. The van der Waals surface area contributed by atoms with Gasteiger partial charge in [0.25, 0.3) is 0 Å². The third-order valence-corrected chi connectivity index (χ3v) is 3.24. The quantitative estimate of drug-likeness (QED) is 0.750. The summed E-state index contributed by atoms with van der Waals surface area (Å²) in [6.07, 6.45) is 4.42. The van der Waals surface area contributed by atoms with Crippen LogP contribution in [0.4, 0.5) is 0 Å². The van der Waals surface area contributed by atoms with Gasteiger partial charge in [-0.05, 0) is 12.1 Å². The molecule has 0 aliphatic carbocycles. The molecule has 0 aliphatic heterocycles. The van der Waals surface area contributed by atoms with Crippen LogP contribution in [0.15, 0.2) is 30.6 Å². The number of pyridine rings is 1. The minimum absolute atomic E-state index is 0.542. The Bertz CT molecular complexity index is 400. The molecule has 2 aromatic rings. The van der Waals surface area contributed by atoms with Gasteiger partial charge in [-0.3, -0.25) is 4.98 Å². The maximum atomic E-state index is 5.70. The van der Waals surface area contributed by atoms with E-state index >= 15 is 0 Å². The number of hydrogen-bond donors (Lipinski definition) is 0. The SMILES string of the molecule is ClCc1cnc(Cc2ccccn2)s1. The predicted molar refractivity (Wildman–Crippen MR) is 58.7 cm³/mol. The molecule has 0 bridgehead atoms. The first-order valence-electron chi connectivity index (χ1n) is 4.28. The van der Waals surface area contributed by atoms with Crippen molar-refractivity contribution in [3.8, 4) is 0 Å². The van der Waals surface area contributed by atoms with Gasteiger partial charge < -0.3 is 0 Å². The summed E-state index contributed by atoms with van der Waals surface area (Å²) >= 11 is 7.34. The third-order valence-electron chi connectivity index (χ3n) is 1.79. The van der Waals surface area contributed by atoms with Gasteiger partial charge in [0.05, 0.1) is 10.9 Å². The molecule has 0 saturated carbocycles. The van der Waals surface area contributed by atoms with E-state index in [0.29, 0.717) is 5.88 Å². The molecule has 0 radical (unpaired) electrons. The van der Waals surface area contributed by atoms with E-state index in [0.717, 1.165) is 22.0 Å². The Morgan fingerprint density at radius 2 is 2.21 bits per heavy atom. The van der Waals surface area contributed by atoms with Gasteiger partial charge in [-0.25, -0.2) is 4.98 Å². The van der Waals surface area contributed by atoms with E-state index in [1.165, 1.54) is 0 Å². The van der Waals surface area contributed by atoms with Crippen molar-refractivity contribution in [1.82, 2.24) is 9.97 Å². The molecule has 0 fully saturated rings. The van der Waals surface area contributed by atoms with Gasteiger partial charge in [-0.1, -0.05) is 6.07 Å². The van der Waals surface area contributed by atoms with E-state index in [9.17, 15) is 0 Å². The summed E-state index contributed by atoms with van der Waals surface area (Å²) in [6.45, 7) is 0. The minimum atomic E-state index is 0.542. The fraction of sp³-hybridized carbons (Fsp3) is 0.200. The van der Waals surface area contributed by atoms with Crippen LogP contribution in [-0.4, -0.2) is 9.97 Å². The van der Waals surface area contributed by atoms with Crippen LogP contribution in [-0.2, 0) is 12.3 Å². The lowest BCUT2D eigenvalue weighted by Crippen LogP contribution is -1.89. The Morgan fingerprint density at radius 1 is 1.29 bits per heavy atom. The van der Waals surface area contributed by atoms with Crippen molar-refractivity contribution < 1.29 is 0 Å². The topological polar surface area (TPSA) is 25.8 Å². The monoisotopic (exact) mass is 224 g/mol. The summed E-state index contributed by atoms with van der Waals surface area (Å²) in [4.78, 5) is 9.63. The lowest BCUT2D eigenvalue weighted by Gasteiger charge is -1.94. The summed E-state index contributed by atoms with van der Waals surface area (Å²) in [7, 11) is 0. The van der Waals surface area contributed by atoms with Gasteiger partial charge in [0, 0.05) is 29.4 Å². The molecule has 2 nitrogen and oxygen atoms in total. The standard InChI is InChI=1S/C10H9ClN2S/c11-6-9-7-13-10(14-9)5-8-3-1-2-4-12-8/h1-4,7H,5-6H2. The van der Waals surface area contributed by atoms with Crippen LogP contribution >= 0.6 is 22.9 Å². The lowest BCUT2D eigenvalue weighted by atomic mass is 10.3. The summed E-state index contributed by atoms with van der Waals surface area (Å²) in [6, 6.07) is 5.90. The zero-order valence-corrected chi connectivity index (χ0v) is 9.05. The first-order chi connectivity index (χ1) is 6.88.